The Labute approximate surface area is 146 Å². The highest BCUT2D eigenvalue weighted by Crippen LogP contribution is 2.23. The van der Waals surface area contributed by atoms with Crippen LogP contribution in [0.3, 0.4) is 0 Å². The van der Waals surface area contributed by atoms with Crippen LogP contribution in [-0.2, 0) is 11.2 Å². The second-order valence-corrected chi connectivity index (χ2v) is 7.13. The second kappa shape index (κ2) is 6.18. The summed E-state index contributed by atoms with van der Waals surface area (Å²) in [4.78, 5) is 21.9. The summed E-state index contributed by atoms with van der Waals surface area (Å²) in [6, 6.07) is 7.74. The fourth-order valence-corrected chi connectivity index (χ4v) is 4.06. The fraction of sp³-hybridized carbons (Fsp3) is 0.118. The summed E-state index contributed by atoms with van der Waals surface area (Å²) >= 11 is 3.15. The van der Waals surface area contributed by atoms with Gasteiger partial charge in [-0.1, -0.05) is 0 Å². The van der Waals surface area contributed by atoms with E-state index in [1.54, 1.807) is 28.9 Å². The van der Waals surface area contributed by atoms with Gasteiger partial charge in [0.15, 0.2) is 4.96 Å². The average molecular weight is 354 g/mol. The van der Waals surface area contributed by atoms with E-state index in [2.05, 4.69) is 15.3 Å². The van der Waals surface area contributed by atoms with E-state index in [0.29, 0.717) is 6.42 Å². The van der Waals surface area contributed by atoms with E-state index in [0.717, 1.165) is 32.6 Å². The van der Waals surface area contributed by atoms with Crippen molar-refractivity contribution in [2.45, 2.75) is 13.3 Å². The van der Waals surface area contributed by atoms with Gasteiger partial charge in [0.05, 0.1) is 12.1 Å². The molecule has 0 unspecified atom stereocenters. The predicted molar refractivity (Wildman–Crippen MR) is 97.7 cm³/mol. The number of aryl methyl sites for hydroxylation is 1. The number of hydrogen-bond acceptors (Lipinski definition) is 5. The van der Waals surface area contributed by atoms with Gasteiger partial charge in [-0.05, 0) is 31.2 Å². The third-order valence-electron chi connectivity index (χ3n) is 3.59. The van der Waals surface area contributed by atoms with E-state index < -0.39 is 0 Å². The highest BCUT2D eigenvalue weighted by molar-refractivity contribution is 7.15. The van der Waals surface area contributed by atoms with Gasteiger partial charge < -0.3 is 5.32 Å². The van der Waals surface area contributed by atoms with Crippen molar-refractivity contribution < 1.29 is 4.79 Å². The third kappa shape index (κ3) is 2.95. The van der Waals surface area contributed by atoms with Gasteiger partial charge in [0, 0.05) is 40.1 Å². The van der Waals surface area contributed by atoms with Gasteiger partial charge in [-0.25, -0.2) is 9.97 Å². The largest absolute Gasteiger partial charge is 0.326 e. The molecular formula is C17H14N4OS2. The van der Waals surface area contributed by atoms with E-state index in [4.69, 9.17) is 0 Å². The molecule has 5 nitrogen and oxygen atoms in total. The lowest BCUT2D eigenvalue weighted by Gasteiger charge is -2.05. The molecule has 0 aliphatic rings. The maximum Gasteiger partial charge on any atom is 0.230 e. The number of nitrogens with one attached hydrogen (secondary N) is 1. The number of amides is 1. The summed E-state index contributed by atoms with van der Waals surface area (Å²) in [6.45, 7) is 1.95. The molecule has 0 atom stereocenters. The number of aromatic nitrogens is 3. The molecule has 0 aliphatic carbocycles. The lowest BCUT2D eigenvalue weighted by Crippen LogP contribution is -2.15. The summed E-state index contributed by atoms with van der Waals surface area (Å²) in [7, 11) is 0. The van der Waals surface area contributed by atoms with Crippen molar-refractivity contribution in [2.24, 2.45) is 0 Å². The van der Waals surface area contributed by atoms with Gasteiger partial charge in [0.2, 0.25) is 5.91 Å². The molecule has 7 heteroatoms. The van der Waals surface area contributed by atoms with Crippen molar-refractivity contribution in [2.75, 3.05) is 5.32 Å². The van der Waals surface area contributed by atoms with Crippen molar-refractivity contribution in [1.82, 2.24) is 14.4 Å². The zero-order valence-electron chi connectivity index (χ0n) is 12.9. The summed E-state index contributed by atoms with van der Waals surface area (Å²) in [5.41, 5.74) is 3.75. The smallest absolute Gasteiger partial charge is 0.230 e. The third-order valence-corrected chi connectivity index (χ3v) is 5.30. The SMILES string of the molecule is Cc1cn2c(CC(=O)Nc3ccc(-c4nccs4)cc3)csc2n1. The number of rotatable bonds is 4. The highest BCUT2D eigenvalue weighted by atomic mass is 32.1. The molecule has 3 heterocycles. The van der Waals surface area contributed by atoms with E-state index in [9.17, 15) is 4.79 Å². The van der Waals surface area contributed by atoms with Crippen LogP contribution in [0.5, 0.6) is 0 Å². The molecule has 4 rings (SSSR count). The predicted octanol–water partition coefficient (Wildman–Crippen LogP) is 4.01. The number of imidazole rings is 1. The van der Waals surface area contributed by atoms with Gasteiger partial charge in [-0.3, -0.25) is 9.20 Å². The number of hydrogen-bond donors (Lipinski definition) is 1. The monoisotopic (exact) mass is 354 g/mol. The number of carbonyl (C=O) groups is 1. The van der Waals surface area contributed by atoms with Crippen LogP contribution < -0.4 is 5.32 Å². The molecule has 3 aromatic heterocycles. The number of carbonyl (C=O) groups excluding carboxylic acids is 1. The Morgan fingerprint density at radius 3 is 2.83 bits per heavy atom. The van der Waals surface area contributed by atoms with Crippen molar-refractivity contribution in [1.29, 1.82) is 0 Å². The molecular weight excluding hydrogens is 340 g/mol. The normalized spacial score (nSPS) is 11.0. The molecule has 1 N–H and O–H groups in total. The maximum atomic E-state index is 12.3. The zero-order chi connectivity index (χ0) is 16.5. The first-order valence-corrected chi connectivity index (χ1v) is 9.17. The molecule has 0 fully saturated rings. The van der Waals surface area contributed by atoms with Crippen LogP contribution in [0, 0.1) is 6.92 Å². The average Bonchev–Trinajstić information content (AvgIpc) is 3.27. The van der Waals surface area contributed by atoms with Crippen molar-refractivity contribution in [3.63, 3.8) is 0 Å². The van der Waals surface area contributed by atoms with Gasteiger partial charge >= 0.3 is 0 Å². The lowest BCUT2D eigenvalue weighted by atomic mass is 10.2. The Kier molecular flexibility index (Phi) is 3.87. The van der Waals surface area contributed by atoms with E-state index in [1.807, 2.05) is 52.5 Å². The molecule has 120 valence electrons. The quantitative estimate of drug-likeness (QED) is 0.602. The van der Waals surface area contributed by atoms with Crippen LogP contribution in [0.4, 0.5) is 5.69 Å². The molecule has 0 saturated heterocycles. The minimum absolute atomic E-state index is 0.0388. The first-order valence-electron chi connectivity index (χ1n) is 7.41. The lowest BCUT2D eigenvalue weighted by molar-refractivity contribution is -0.115. The Hall–Kier alpha value is -2.51. The number of benzene rings is 1. The molecule has 0 saturated carbocycles. The molecule has 0 bridgehead atoms. The number of fused-ring (bicyclic) bond motifs is 1. The van der Waals surface area contributed by atoms with Crippen molar-refractivity contribution in [3.05, 3.63) is 58.8 Å². The molecule has 1 amide bonds. The summed E-state index contributed by atoms with van der Waals surface area (Å²) in [5.74, 6) is -0.0388. The Balaban J connectivity index is 1.46. The van der Waals surface area contributed by atoms with Crippen molar-refractivity contribution in [3.8, 4) is 10.6 Å². The fourth-order valence-electron chi connectivity index (χ4n) is 2.50. The minimum atomic E-state index is -0.0388. The van der Waals surface area contributed by atoms with E-state index in [-0.39, 0.29) is 5.91 Å². The van der Waals surface area contributed by atoms with Crippen LogP contribution in [0.15, 0.2) is 47.4 Å². The first kappa shape index (κ1) is 15.0. The van der Waals surface area contributed by atoms with E-state index in [1.165, 1.54) is 0 Å². The number of anilines is 1. The van der Waals surface area contributed by atoms with Gasteiger partial charge in [-0.2, -0.15) is 0 Å². The van der Waals surface area contributed by atoms with Gasteiger partial charge in [-0.15, -0.1) is 22.7 Å². The molecule has 0 radical (unpaired) electrons. The highest BCUT2D eigenvalue weighted by Gasteiger charge is 2.11. The molecule has 0 spiro atoms. The van der Waals surface area contributed by atoms with Gasteiger partial charge in [0.1, 0.15) is 5.01 Å². The Morgan fingerprint density at radius 1 is 1.25 bits per heavy atom. The van der Waals surface area contributed by atoms with Crippen molar-refractivity contribution >= 4 is 39.2 Å². The maximum absolute atomic E-state index is 12.3. The van der Waals surface area contributed by atoms with Crippen LogP contribution >= 0.6 is 22.7 Å². The van der Waals surface area contributed by atoms with Crippen LogP contribution in [0.2, 0.25) is 0 Å². The topological polar surface area (TPSA) is 59.3 Å². The Morgan fingerprint density at radius 2 is 2.08 bits per heavy atom. The summed E-state index contributed by atoms with van der Waals surface area (Å²) in [5, 5.41) is 7.84. The van der Waals surface area contributed by atoms with Gasteiger partial charge in [0.25, 0.3) is 0 Å². The number of thiazole rings is 2. The van der Waals surface area contributed by atoms with Crippen LogP contribution in [0.1, 0.15) is 11.4 Å². The first-order chi connectivity index (χ1) is 11.7. The Bertz CT molecular complexity index is 984. The molecule has 1 aromatic carbocycles. The molecule has 0 aliphatic heterocycles. The minimum Gasteiger partial charge on any atom is -0.326 e. The van der Waals surface area contributed by atoms with Crippen LogP contribution in [0.25, 0.3) is 15.5 Å². The summed E-state index contributed by atoms with van der Waals surface area (Å²) < 4.78 is 1.98. The molecule has 24 heavy (non-hydrogen) atoms. The standard InChI is InChI=1S/C17H14N4OS2/c1-11-9-21-14(10-24-17(21)19-11)8-15(22)20-13-4-2-12(3-5-13)16-18-6-7-23-16/h2-7,9-10H,8H2,1H3,(H,20,22). The number of nitrogens with zero attached hydrogens (tertiary/aromatic N) is 3. The van der Waals surface area contributed by atoms with Crippen LogP contribution in [-0.4, -0.2) is 20.3 Å². The summed E-state index contributed by atoms with van der Waals surface area (Å²) in [6.07, 6.45) is 4.07. The van der Waals surface area contributed by atoms with E-state index >= 15 is 0 Å². The zero-order valence-corrected chi connectivity index (χ0v) is 14.5. The second-order valence-electron chi connectivity index (χ2n) is 5.40. The molecule has 4 aromatic rings.